The van der Waals surface area contributed by atoms with Gasteiger partial charge in [0.25, 0.3) is 0 Å². The molecule has 1 fully saturated rings. The minimum absolute atomic E-state index is 0.222. The highest BCUT2D eigenvalue weighted by Gasteiger charge is 2.22. The third kappa shape index (κ3) is 2.07. The number of benzene rings is 1. The molecule has 0 atom stereocenters. The van der Waals surface area contributed by atoms with Crippen LogP contribution in [-0.2, 0) is 0 Å². The summed E-state index contributed by atoms with van der Waals surface area (Å²) in [5.74, 6) is 0.322. The van der Waals surface area contributed by atoms with Crippen LogP contribution in [0.5, 0.6) is 0 Å². The Morgan fingerprint density at radius 2 is 2.25 bits per heavy atom. The number of nitrogen functional groups attached to an aromatic ring is 1. The smallest absolute Gasteiger partial charge is 0.168 e. The monoisotopic (exact) mass is 271 g/mol. The van der Waals surface area contributed by atoms with Crippen LogP contribution >= 0.6 is 0 Å². The predicted molar refractivity (Wildman–Crippen MR) is 73.9 cm³/mol. The number of nitrogens with zero attached hydrogens (tertiary/aromatic N) is 3. The molecule has 0 unspecified atom stereocenters. The van der Waals surface area contributed by atoms with Gasteiger partial charge in [0.05, 0.1) is 5.69 Å². The van der Waals surface area contributed by atoms with Crippen molar-refractivity contribution in [2.24, 2.45) is 0 Å². The molecule has 2 aromatic rings. The number of aromatic nitrogens is 2. The lowest BCUT2D eigenvalue weighted by Gasteiger charge is -2.26. The zero-order valence-electron chi connectivity index (χ0n) is 10.8. The van der Waals surface area contributed by atoms with E-state index in [9.17, 15) is 9.65 Å². The van der Waals surface area contributed by atoms with E-state index in [0.717, 1.165) is 12.8 Å². The molecule has 1 aliphatic carbocycles. The number of hydrogen-bond donors (Lipinski definition) is 2. The number of hydrogen-bond acceptors (Lipinski definition) is 4. The maximum absolute atomic E-state index is 13.3. The summed E-state index contributed by atoms with van der Waals surface area (Å²) in [4.78, 5) is 0. The van der Waals surface area contributed by atoms with E-state index in [-0.39, 0.29) is 11.6 Å². The van der Waals surface area contributed by atoms with E-state index in [4.69, 9.17) is 5.73 Å². The molecule has 0 aliphatic heterocycles. The van der Waals surface area contributed by atoms with Gasteiger partial charge < -0.3 is 11.1 Å². The summed E-state index contributed by atoms with van der Waals surface area (Å²) in [6, 6.07) is 8.36. The van der Waals surface area contributed by atoms with Crippen LogP contribution in [0.3, 0.4) is 0 Å². The second-order valence-corrected chi connectivity index (χ2v) is 4.88. The molecule has 1 heterocycles. The average Bonchev–Trinajstić information content (AvgIpc) is 2.70. The van der Waals surface area contributed by atoms with Crippen molar-refractivity contribution in [1.82, 2.24) is 9.78 Å². The fourth-order valence-corrected chi connectivity index (χ4v) is 2.19. The molecular weight excluding hydrogens is 257 g/mol. The summed E-state index contributed by atoms with van der Waals surface area (Å²) in [7, 11) is 0. The van der Waals surface area contributed by atoms with E-state index >= 15 is 0 Å². The van der Waals surface area contributed by atoms with Crippen molar-refractivity contribution in [3.05, 3.63) is 35.6 Å². The van der Waals surface area contributed by atoms with Gasteiger partial charge >= 0.3 is 0 Å². The summed E-state index contributed by atoms with van der Waals surface area (Å²) >= 11 is 0. The molecule has 20 heavy (non-hydrogen) atoms. The highest BCUT2D eigenvalue weighted by atomic mass is 19.1. The van der Waals surface area contributed by atoms with Crippen molar-refractivity contribution in [2.75, 3.05) is 11.1 Å². The molecule has 1 aromatic carbocycles. The normalized spacial score (nSPS) is 14.6. The van der Waals surface area contributed by atoms with Crippen LogP contribution in [0, 0.1) is 17.1 Å². The van der Waals surface area contributed by atoms with E-state index in [0.29, 0.717) is 23.1 Å². The Morgan fingerprint density at radius 3 is 2.85 bits per heavy atom. The summed E-state index contributed by atoms with van der Waals surface area (Å²) < 4.78 is 14.7. The second-order valence-electron chi connectivity index (χ2n) is 4.88. The number of anilines is 2. The molecule has 1 saturated carbocycles. The molecule has 102 valence electrons. The molecule has 0 bridgehead atoms. The number of nitrogens with two attached hydrogens (primary N) is 1. The van der Waals surface area contributed by atoms with Gasteiger partial charge in [-0.15, -0.1) is 5.10 Å². The van der Waals surface area contributed by atoms with Crippen molar-refractivity contribution < 1.29 is 4.39 Å². The lowest BCUT2D eigenvalue weighted by atomic mass is 9.93. The van der Waals surface area contributed by atoms with Gasteiger partial charge in [0.2, 0.25) is 0 Å². The average molecular weight is 271 g/mol. The van der Waals surface area contributed by atoms with Crippen molar-refractivity contribution in [1.29, 1.82) is 5.26 Å². The zero-order valence-corrected chi connectivity index (χ0v) is 10.8. The molecule has 0 spiro atoms. The molecular formula is C14H14FN5. The fourth-order valence-electron chi connectivity index (χ4n) is 2.19. The number of rotatable bonds is 3. The van der Waals surface area contributed by atoms with Crippen LogP contribution in [-0.4, -0.2) is 15.8 Å². The Labute approximate surface area is 115 Å². The highest BCUT2D eigenvalue weighted by molar-refractivity contribution is 5.66. The summed E-state index contributed by atoms with van der Waals surface area (Å²) in [5, 5.41) is 16.7. The molecule has 3 rings (SSSR count). The summed E-state index contributed by atoms with van der Waals surface area (Å²) in [6.45, 7) is 0. The van der Waals surface area contributed by atoms with E-state index in [1.807, 2.05) is 0 Å². The third-order valence-electron chi connectivity index (χ3n) is 3.53. The molecule has 0 saturated heterocycles. The van der Waals surface area contributed by atoms with Crippen molar-refractivity contribution in [2.45, 2.75) is 25.3 Å². The molecule has 0 radical (unpaired) electrons. The van der Waals surface area contributed by atoms with Crippen LogP contribution in [0.15, 0.2) is 24.3 Å². The Hall–Kier alpha value is -2.55. The third-order valence-corrected chi connectivity index (χ3v) is 3.53. The van der Waals surface area contributed by atoms with Crippen LogP contribution in [0.1, 0.15) is 24.8 Å². The topological polar surface area (TPSA) is 79.7 Å². The van der Waals surface area contributed by atoms with E-state index in [1.165, 1.54) is 23.2 Å². The first-order chi connectivity index (χ1) is 9.69. The maximum Gasteiger partial charge on any atom is 0.168 e. The van der Waals surface area contributed by atoms with E-state index in [2.05, 4.69) is 16.5 Å². The molecule has 6 heteroatoms. The van der Waals surface area contributed by atoms with Gasteiger partial charge in [-0.2, -0.15) is 5.26 Å². The van der Waals surface area contributed by atoms with Gasteiger partial charge in [-0.25, -0.2) is 9.07 Å². The van der Waals surface area contributed by atoms with Gasteiger partial charge in [0.1, 0.15) is 23.3 Å². The Bertz CT molecular complexity index is 681. The SMILES string of the molecule is N#Cc1c(NC2CCC2)nn(-c2cccc(F)c2)c1N. The van der Waals surface area contributed by atoms with Crippen LogP contribution in [0.4, 0.5) is 16.0 Å². The van der Waals surface area contributed by atoms with Crippen LogP contribution < -0.4 is 11.1 Å². The number of nitrogens with one attached hydrogen (secondary N) is 1. The van der Waals surface area contributed by atoms with Crippen LogP contribution in [0.2, 0.25) is 0 Å². The lowest BCUT2D eigenvalue weighted by molar-refractivity contribution is 0.444. The molecule has 0 amide bonds. The number of halogens is 1. The number of nitriles is 1. The van der Waals surface area contributed by atoms with E-state index < -0.39 is 0 Å². The second kappa shape index (κ2) is 4.85. The lowest BCUT2D eigenvalue weighted by Crippen LogP contribution is -2.27. The maximum atomic E-state index is 13.3. The molecule has 1 aliphatic rings. The zero-order chi connectivity index (χ0) is 14.1. The molecule has 3 N–H and O–H groups in total. The van der Waals surface area contributed by atoms with Crippen LogP contribution in [0.25, 0.3) is 5.69 Å². The van der Waals surface area contributed by atoms with Gasteiger partial charge in [-0.1, -0.05) is 6.07 Å². The van der Waals surface area contributed by atoms with Crippen molar-refractivity contribution in [3.8, 4) is 11.8 Å². The standard InChI is InChI=1S/C14H14FN5/c15-9-3-1-6-11(7-9)20-13(17)12(8-16)14(19-20)18-10-4-2-5-10/h1,3,6-7,10H,2,4-5,17H2,(H,18,19). The van der Waals surface area contributed by atoms with Crippen molar-refractivity contribution >= 4 is 11.6 Å². The minimum atomic E-state index is -0.371. The summed E-state index contributed by atoms with van der Waals surface area (Å²) in [6.07, 6.45) is 3.31. The first-order valence-electron chi connectivity index (χ1n) is 6.50. The first kappa shape index (κ1) is 12.5. The quantitative estimate of drug-likeness (QED) is 0.898. The van der Waals surface area contributed by atoms with Gasteiger partial charge in [0.15, 0.2) is 5.82 Å². The minimum Gasteiger partial charge on any atom is -0.382 e. The first-order valence-corrected chi connectivity index (χ1v) is 6.50. The Kier molecular flexibility index (Phi) is 3.03. The predicted octanol–water partition coefficient (Wildman–Crippen LogP) is 2.43. The van der Waals surface area contributed by atoms with E-state index in [1.54, 1.807) is 12.1 Å². The Balaban J connectivity index is 2.01. The van der Waals surface area contributed by atoms with Crippen molar-refractivity contribution in [3.63, 3.8) is 0 Å². The highest BCUT2D eigenvalue weighted by Crippen LogP contribution is 2.28. The molecule has 1 aromatic heterocycles. The largest absolute Gasteiger partial charge is 0.382 e. The van der Waals surface area contributed by atoms with Gasteiger partial charge in [-0.3, -0.25) is 0 Å². The summed E-state index contributed by atoms with van der Waals surface area (Å²) in [5.41, 5.74) is 6.75. The molecule has 5 nitrogen and oxygen atoms in total. The Morgan fingerprint density at radius 1 is 1.45 bits per heavy atom. The van der Waals surface area contributed by atoms with Gasteiger partial charge in [0, 0.05) is 6.04 Å². The fraction of sp³-hybridized carbons (Fsp3) is 0.286. The van der Waals surface area contributed by atoms with Gasteiger partial charge in [-0.05, 0) is 37.5 Å².